The highest BCUT2D eigenvalue weighted by Crippen LogP contribution is 2.41. The number of hydrogen-bond donors (Lipinski definition) is 2. The maximum Gasteiger partial charge on any atom is 0.272 e. The van der Waals surface area contributed by atoms with Gasteiger partial charge in [0.1, 0.15) is 11.5 Å². The van der Waals surface area contributed by atoms with Crippen molar-refractivity contribution in [1.82, 2.24) is 15.1 Å². The van der Waals surface area contributed by atoms with Crippen molar-refractivity contribution >= 4 is 11.8 Å². The molecule has 1 heterocycles. The van der Waals surface area contributed by atoms with Crippen molar-refractivity contribution in [3.05, 3.63) is 65.9 Å². The molecule has 1 aromatic heterocycles. The lowest BCUT2D eigenvalue weighted by molar-refractivity contribution is -0.118. The molecule has 0 bridgehead atoms. The quantitative estimate of drug-likeness (QED) is 0.417. The Kier molecular flexibility index (Phi) is 8.25. The second-order valence-electron chi connectivity index (χ2n) is 9.20. The number of primary amides is 1. The summed E-state index contributed by atoms with van der Waals surface area (Å²) in [6.45, 7) is 0. The maximum atomic E-state index is 13.4. The van der Waals surface area contributed by atoms with Crippen molar-refractivity contribution in [2.75, 3.05) is 14.2 Å². The summed E-state index contributed by atoms with van der Waals surface area (Å²) in [7, 11) is 3.23. The summed E-state index contributed by atoms with van der Waals surface area (Å²) in [5, 5.41) is 7.74. The molecule has 3 N–H and O–H groups in total. The molecule has 0 unspecified atom stereocenters. The molecule has 1 fully saturated rings. The third-order valence-electron chi connectivity index (χ3n) is 6.73. The zero-order valence-electron chi connectivity index (χ0n) is 20.9. The van der Waals surface area contributed by atoms with Gasteiger partial charge in [0, 0.05) is 12.5 Å². The van der Waals surface area contributed by atoms with Crippen LogP contribution in [0.25, 0.3) is 11.3 Å². The molecular formula is C28H34N4O4. The van der Waals surface area contributed by atoms with Crippen LogP contribution >= 0.6 is 0 Å². The molecule has 190 valence electrons. The fourth-order valence-corrected chi connectivity index (χ4v) is 4.94. The molecule has 8 heteroatoms. The molecule has 1 aliphatic carbocycles. The topological polar surface area (TPSA) is 108 Å². The van der Waals surface area contributed by atoms with Gasteiger partial charge in [-0.25, -0.2) is 0 Å². The monoisotopic (exact) mass is 490 g/mol. The van der Waals surface area contributed by atoms with E-state index in [1.165, 1.54) is 0 Å². The highest BCUT2D eigenvalue weighted by molar-refractivity contribution is 5.94. The van der Waals surface area contributed by atoms with E-state index in [1.807, 2.05) is 53.2 Å². The minimum absolute atomic E-state index is 0.0646. The maximum absolute atomic E-state index is 13.4. The largest absolute Gasteiger partial charge is 0.496 e. The molecule has 2 aromatic carbocycles. The first-order chi connectivity index (χ1) is 17.5. The first-order valence-corrected chi connectivity index (χ1v) is 12.4. The Hall–Kier alpha value is -3.81. The van der Waals surface area contributed by atoms with Gasteiger partial charge < -0.3 is 20.5 Å². The van der Waals surface area contributed by atoms with Gasteiger partial charge in [-0.05, 0) is 49.4 Å². The van der Waals surface area contributed by atoms with Gasteiger partial charge in [-0.15, -0.1) is 0 Å². The molecule has 2 amide bonds. The number of aryl methyl sites for hydroxylation is 1. The van der Waals surface area contributed by atoms with Crippen LogP contribution in [-0.2, 0) is 11.2 Å². The van der Waals surface area contributed by atoms with E-state index in [-0.39, 0.29) is 18.4 Å². The summed E-state index contributed by atoms with van der Waals surface area (Å²) in [5.74, 6) is 0.510. The summed E-state index contributed by atoms with van der Waals surface area (Å²) in [6.07, 6.45) is 5.61. The van der Waals surface area contributed by atoms with Gasteiger partial charge in [-0.1, -0.05) is 49.2 Å². The molecule has 0 aliphatic heterocycles. The van der Waals surface area contributed by atoms with E-state index >= 15 is 0 Å². The zero-order chi connectivity index (χ0) is 25.5. The average molecular weight is 491 g/mol. The fourth-order valence-electron chi connectivity index (χ4n) is 4.94. The van der Waals surface area contributed by atoms with Gasteiger partial charge in [0.15, 0.2) is 5.69 Å². The Bertz CT molecular complexity index is 1160. The number of carbonyl (C=O) groups excluding carboxylic acids is 2. The Morgan fingerprint density at radius 2 is 1.72 bits per heavy atom. The highest BCUT2D eigenvalue weighted by atomic mass is 16.5. The number of benzene rings is 2. The molecule has 0 spiro atoms. The average Bonchev–Trinajstić information content (AvgIpc) is 3.57. The number of nitrogens with one attached hydrogen (secondary N) is 1. The lowest BCUT2D eigenvalue weighted by Crippen LogP contribution is -2.38. The standard InChI is InChI=1S/C28H34N4O4/c1-35-24-13-8-14-25(36-2)27(24)23-18-22(31-32(23)21-11-6-7-12-21)28(34)30-20(17-26(29)33)16-15-19-9-4-3-5-10-19/h3-5,8-10,13-14,18,20-21H,6-7,11-12,15-17H2,1-2H3,(H2,29,33)(H,30,34)/t20-/m0/s1. The van der Waals surface area contributed by atoms with Gasteiger partial charge >= 0.3 is 0 Å². The van der Waals surface area contributed by atoms with Crippen LogP contribution in [0.2, 0.25) is 0 Å². The number of methoxy groups -OCH3 is 2. The number of rotatable bonds is 11. The van der Waals surface area contributed by atoms with E-state index in [0.29, 0.717) is 23.6 Å². The number of aromatic nitrogens is 2. The molecule has 0 radical (unpaired) electrons. The molecule has 1 atom stereocenters. The van der Waals surface area contributed by atoms with Gasteiger partial charge in [-0.2, -0.15) is 5.10 Å². The number of nitrogens with two attached hydrogens (primary N) is 1. The van der Waals surface area contributed by atoms with Crippen molar-refractivity contribution in [3.63, 3.8) is 0 Å². The lowest BCUT2D eigenvalue weighted by atomic mass is 10.0. The minimum Gasteiger partial charge on any atom is -0.496 e. The molecule has 1 saturated carbocycles. The fraction of sp³-hybridized carbons (Fsp3) is 0.393. The number of amides is 2. The van der Waals surface area contributed by atoms with Gasteiger partial charge in [0.2, 0.25) is 5.91 Å². The Morgan fingerprint density at radius 3 is 2.33 bits per heavy atom. The number of nitrogens with zero attached hydrogens (tertiary/aromatic N) is 2. The van der Waals surface area contributed by atoms with Crippen molar-refractivity contribution in [1.29, 1.82) is 0 Å². The van der Waals surface area contributed by atoms with Gasteiger partial charge in [0.25, 0.3) is 5.91 Å². The number of hydrogen-bond acceptors (Lipinski definition) is 5. The summed E-state index contributed by atoms with van der Waals surface area (Å²) < 4.78 is 13.2. The second kappa shape index (κ2) is 11.7. The van der Waals surface area contributed by atoms with Crippen LogP contribution in [0.4, 0.5) is 0 Å². The van der Waals surface area contributed by atoms with Crippen LogP contribution in [0, 0.1) is 0 Å². The number of carbonyl (C=O) groups is 2. The molecule has 4 rings (SSSR count). The van der Waals surface area contributed by atoms with Gasteiger partial charge in [0.05, 0.1) is 31.5 Å². The minimum atomic E-state index is -0.454. The van der Waals surface area contributed by atoms with E-state index in [9.17, 15) is 9.59 Å². The molecule has 8 nitrogen and oxygen atoms in total. The first-order valence-electron chi connectivity index (χ1n) is 12.4. The van der Waals surface area contributed by atoms with E-state index in [0.717, 1.165) is 48.9 Å². The van der Waals surface area contributed by atoms with Crippen LogP contribution in [0.3, 0.4) is 0 Å². The van der Waals surface area contributed by atoms with E-state index in [4.69, 9.17) is 20.3 Å². The van der Waals surface area contributed by atoms with Gasteiger partial charge in [-0.3, -0.25) is 14.3 Å². The summed E-state index contributed by atoms with van der Waals surface area (Å²) in [4.78, 5) is 25.1. The molecule has 0 saturated heterocycles. The third kappa shape index (κ3) is 5.87. The van der Waals surface area contributed by atoms with Crippen molar-refractivity contribution < 1.29 is 19.1 Å². The second-order valence-corrected chi connectivity index (χ2v) is 9.20. The third-order valence-corrected chi connectivity index (χ3v) is 6.73. The predicted octanol–water partition coefficient (Wildman–Crippen LogP) is 4.29. The number of ether oxygens (including phenoxy) is 2. The van der Waals surface area contributed by atoms with Crippen molar-refractivity contribution in [2.45, 2.75) is 57.0 Å². The Balaban J connectivity index is 1.63. The van der Waals surface area contributed by atoms with Crippen LogP contribution in [-0.4, -0.2) is 41.9 Å². The van der Waals surface area contributed by atoms with E-state index in [1.54, 1.807) is 20.3 Å². The van der Waals surface area contributed by atoms with E-state index in [2.05, 4.69) is 5.32 Å². The van der Waals surface area contributed by atoms with Crippen molar-refractivity contribution in [3.8, 4) is 22.8 Å². The smallest absolute Gasteiger partial charge is 0.272 e. The summed E-state index contributed by atoms with van der Waals surface area (Å²) in [6, 6.07) is 17.2. The normalized spacial score (nSPS) is 14.4. The predicted molar refractivity (Wildman–Crippen MR) is 138 cm³/mol. The highest BCUT2D eigenvalue weighted by Gasteiger charge is 2.28. The lowest BCUT2D eigenvalue weighted by Gasteiger charge is -2.18. The molecule has 1 aliphatic rings. The summed E-state index contributed by atoms with van der Waals surface area (Å²) in [5.41, 5.74) is 8.45. The zero-order valence-corrected chi connectivity index (χ0v) is 20.9. The SMILES string of the molecule is COc1cccc(OC)c1-c1cc(C(=O)N[C@@H](CCc2ccccc2)CC(N)=O)nn1C1CCCC1. The molecular weight excluding hydrogens is 456 g/mol. The Labute approximate surface area is 211 Å². The molecule has 36 heavy (non-hydrogen) atoms. The van der Waals surface area contributed by atoms with E-state index < -0.39 is 11.9 Å². The van der Waals surface area contributed by atoms with Crippen LogP contribution < -0.4 is 20.5 Å². The van der Waals surface area contributed by atoms with Crippen LogP contribution in [0.1, 0.15) is 60.6 Å². The van der Waals surface area contributed by atoms with Crippen LogP contribution in [0.15, 0.2) is 54.6 Å². The Morgan fingerprint density at radius 1 is 1.06 bits per heavy atom. The van der Waals surface area contributed by atoms with Crippen molar-refractivity contribution in [2.24, 2.45) is 5.73 Å². The van der Waals surface area contributed by atoms with Crippen LogP contribution in [0.5, 0.6) is 11.5 Å². The first kappa shape index (κ1) is 25.3. The molecule has 3 aromatic rings. The summed E-state index contributed by atoms with van der Waals surface area (Å²) >= 11 is 0.